The van der Waals surface area contributed by atoms with Crippen LogP contribution < -0.4 is 5.32 Å². The zero-order valence-electron chi connectivity index (χ0n) is 12.7. The molecule has 2 unspecified atom stereocenters. The molecule has 114 valence electrons. The molecule has 0 radical (unpaired) electrons. The molecule has 1 N–H and O–H groups in total. The molecule has 0 aliphatic heterocycles. The van der Waals surface area contributed by atoms with Crippen LogP contribution in [0.2, 0.25) is 0 Å². The zero-order chi connectivity index (χ0) is 13.8. The van der Waals surface area contributed by atoms with Crippen molar-refractivity contribution in [1.29, 1.82) is 0 Å². The summed E-state index contributed by atoms with van der Waals surface area (Å²) in [5.74, 6) is 0.780. The first-order valence-electron chi connectivity index (χ1n) is 7.70. The molecule has 0 aromatic carbocycles. The van der Waals surface area contributed by atoms with Crippen molar-refractivity contribution in [2.45, 2.75) is 44.6 Å². The monoisotopic (exact) mass is 273 g/mol. The fourth-order valence-electron chi connectivity index (χ4n) is 2.81. The quantitative estimate of drug-likeness (QED) is 0.489. The van der Waals surface area contributed by atoms with Crippen LogP contribution in [0.5, 0.6) is 0 Å². The molecule has 0 saturated heterocycles. The van der Waals surface area contributed by atoms with Gasteiger partial charge in [-0.15, -0.1) is 0 Å². The molecule has 0 aromatic rings. The van der Waals surface area contributed by atoms with Gasteiger partial charge in [0.05, 0.1) is 26.4 Å². The predicted molar refractivity (Wildman–Crippen MR) is 77.6 cm³/mol. The Morgan fingerprint density at radius 1 is 0.895 bits per heavy atom. The molecule has 0 amide bonds. The standard InChI is InChI=1S/C15H31NO3/c1-16-15-7-5-3-4-6-14(15)8-9-18-12-13-19-11-10-17-2/h14-16H,3-13H2,1-2H3. The third kappa shape index (κ3) is 7.88. The van der Waals surface area contributed by atoms with E-state index in [1.807, 2.05) is 0 Å². The molecule has 1 fully saturated rings. The van der Waals surface area contributed by atoms with E-state index in [0.717, 1.165) is 12.5 Å². The SMILES string of the molecule is CNC1CCCCCC1CCOCCOCCOC. The van der Waals surface area contributed by atoms with Crippen LogP contribution in [0, 0.1) is 5.92 Å². The van der Waals surface area contributed by atoms with E-state index in [2.05, 4.69) is 12.4 Å². The molecular formula is C15H31NO3. The summed E-state index contributed by atoms with van der Waals surface area (Å²) in [4.78, 5) is 0. The molecule has 19 heavy (non-hydrogen) atoms. The average Bonchev–Trinajstić information content (AvgIpc) is 2.66. The van der Waals surface area contributed by atoms with Gasteiger partial charge in [0.1, 0.15) is 0 Å². The summed E-state index contributed by atoms with van der Waals surface area (Å²) in [6.45, 7) is 3.54. The number of nitrogens with one attached hydrogen (secondary N) is 1. The number of hydrogen-bond acceptors (Lipinski definition) is 4. The molecule has 2 atom stereocenters. The van der Waals surface area contributed by atoms with Crippen LogP contribution in [0.15, 0.2) is 0 Å². The first-order chi connectivity index (χ1) is 9.38. The molecule has 0 bridgehead atoms. The molecule has 0 spiro atoms. The van der Waals surface area contributed by atoms with E-state index in [0.29, 0.717) is 32.5 Å². The van der Waals surface area contributed by atoms with E-state index in [-0.39, 0.29) is 0 Å². The Kier molecular flexibility index (Phi) is 10.4. The lowest BCUT2D eigenvalue weighted by Gasteiger charge is -2.24. The van der Waals surface area contributed by atoms with Crippen molar-refractivity contribution in [3.8, 4) is 0 Å². The van der Waals surface area contributed by atoms with Crippen LogP contribution in [0.1, 0.15) is 38.5 Å². The minimum atomic E-state index is 0.657. The van der Waals surface area contributed by atoms with E-state index >= 15 is 0 Å². The van der Waals surface area contributed by atoms with Crippen molar-refractivity contribution in [2.24, 2.45) is 5.92 Å². The first-order valence-corrected chi connectivity index (χ1v) is 7.70. The maximum atomic E-state index is 5.66. The molecule has 4 heteroatoms. The summed E-state index contributed by atoms with van der Waals surface area (Å²) in [6.07, 6.45) is 7.98. The summed E-state index contributed by atoms with van der Waals surface area (Å²) in [5.41, 5.74) is 0. The van der Waals surface area contributed by atoms with Gasteiger partial charge in [0, 0.05) is 19.8 Å². The Bertz CT molecular complexity index is 202. The number of methoxy groups -OCH3 is 1. The third-order valence-corrected chi connectivity index (χ3v) is 3.97. The number of ether oxygens (including phenoxy) is 3. The van der Waals surface area contributed by atoms with Gasteiger partial charge in [-0.1, -0.05) is 19.3 Å². The molecule has 0 heterocycles. The van der Waals surface area contributed by atoms with Gasteiger partial charge in [0.15, 0.2) is 0 Å². The Morgan fingerprint density at radius 2 is 1.58 bits per heavy atom. The normalized spacial score (nSPS) is 24.3. The second-order valence-electron chi connectivity index (χ2n) is 5.30. The zero-order valence-corrected chi connectivity index (χ0v) is 12.7. The lowest BCUT2D eigenvalue weighted by atomic mass is 9.92. The molecule has 1 aliphatic carbocycles. The van der Waals surface area contributed by atoms with Crippen molar-refractivity contribution >= 4 is 0 Å². The van der Waals surface area contributed by atoms with Gasteiger partial charge >= 0.3 is 0 Å². The van der Waals surface area contributed by atoms with E-state index < -0.39 is 0 Å². The second-order valence-corrected chi connectivity index (χ2v) is 5.30. The maximum Gasteiger partial charge on any atom is 0.0701 e. The molecule has 4 nitrogen and oxygen atoms in total. The average molecular weight is 273 g/mol. The summed E-state index contributed by atoms with van der Waals surface area (Å²) < 4.78 is 15.9. The van der Waals surface area contributed by atoms with Crippen LogP contribution in [0.25, 0.3) is 0 Å². The van der Waals surface area contributed by atoms with Gasteiger partial charge in [-0.3, -0.25) is 0 Å². The van der Waals surface area contributed by atoms with E-state index in [9.17, 15) is 0 Å². The Balaban J connectivity index is 2.00. The van der Waals surface area contributed by atoms with Crippen molar-refractivity contribution in [3.63, 3.8) is 0 Å². The van der Waals surface area contributed by atoms with Gasteiger partial charge < -0.3 is 19.5 Å². The topological polar surface area (TPSA) is 39.7 Å². The van der Waals surface area contributed by atoms with Gasteiger partial charge in [-0.2, -0.15) is 0 Å². The fourth-order valence-corrected chi connectivity index (χ4v) is 2.81. The van der Waals surface area contributed by atoms with Crippen molar-refractivity contribution in [2.75, 3.05) is 47.2 Å². The Morgan fingerprint density at radius 3 is 2.32 bits per heavy atom. The van der Waals surface area contributed by atoms with E-state index in [1.165, 1.54) is 38.5 Å². The van der Waals surface area contributed by atoms with E-state index in [4.69, 9.17) is 14.2 Å². The fraction of sp³-hybridized carbons (Fsp3) is 1.00. The minimum Gasteiger partial charge on any atom is -0.382 e. The van der Waals surface area contributed by atoms with Crippen LogP contribution in [0.3, 0.4) is 0 Å². The van der Waals surface area contributed by atoms with Crippen LogP contribution in [-0.4, -0.2) is 53.2 Å². The third-order valence-electron chi connectivity index (χ3n) is 3.97. The van der Waals surface area contributed by atoms with Crippen LogP contribution in [-0.2, 0) is 14.2 Å². The van der Waals surface area contributed by atoms with Gasteiger partial charge in [0.2, 0.25) is 0 Å². The highest BCUT2D eigenvalue weighted by atomic mass is 16.5. The van der Waals surface area contributed by atoms with Gasteiger partial charge in [-0.25, -0.2) is 0 Å². The highest BCUT2D eigenvalue weighted by molar-refractivity contribution is 4.78. The summed E-state index contributed by atoms with van der Waals surface area (Å²) in [7, 11) is 3.78. The summed E-state index contributed by atoms with van der Waals surface area (Å²) in [5, 5.41) is 3.48. The summed E-state index contributed by atoms with van der Waals surface area (Å²) >= 11 is 0. The van der Waals surface area contributed by atoms with Crippen LogP contribution >= 0.6 is 0 Å². The van der Waals surface area contributed by atoms with Gasteiger partial charge in [0.25, 0.3) is 0 Å². The maximum absolute atomic E-state index is 5.66. The molecular weight excluding hydrogens is 242 g/mol. The van der Waals surface area contributed by atoms with Crippen molar-refractivity contribution < 1.29 is 14.2 Å². The number of hydrogen-bond donors (Lipinski definition) is 1. The summed E-state index contributed by atoms with van der Waals surface area (Å²) in [6, 6.07) is 0.684. The smallest absolute Gasteiger partial charge is 0.0701 e. The van der Waals surface area contributed by atoms with Gasteiger partial charge in [-0.05, 0) is 32.2 Å². The van der Waals surface area contributed by atoms with E-state index in [1.54, 1.807) is 7.11 Å². The highest BCUT2D eigenvalue weighted by Gasteiger charge is 2.21. The largest absolute Gasteiger partial charge is 0.382 e. The molecule has 1 saturated carbocycles. The molecule has 0 aromatic heterocycles. The number of rotatable bonds is 10. The molecule has 1 aliphatic rings. The first kappa shape index (κ1) is 16.9. The second kappa shape index (κ2) is 11.6. The lowest BCUT2D eigenvalue weighted by Crippen LogP contribution is -2.33. The lowest BCUT2D eigenvalue weighted by molar-refractivity contribution is 0.0207. The van der Waals surface area contributed by atoms with Crippen molar-refractivity contribution in [1.82, 2.24) is 5.32 Å². The molecule has 1 rings (SSSR count). The minimum absolute atomic E-state index is 0.657. The highest BCUT2D eigenvalue weighted by Crippen LogP contribution is 2.25. The Labute approximate surface area is 118 Å². The van der Waals surface area contributed by atoms with Crippen LogP contribution in [0.4, 0.5) is 0 Å². The van der Waals surface area contributed by atoms with Crippen molar-refractivity contribution in [3.05, 3.63) is 0 Å². The predicted octanol–water partition coefficient (Wildman–Crippen LogP) is 2.22. The Hall–Kier alpha value is -0.160.